The molecule has 6 aromatic carbocycles. The summed E-state index contributed by atoms with van der Waals surface area (Å²) in [7, 11) is 2.10. The van der Waals surface area contributed by atoms with Crippen molar-refractivity contribution in [1.29, 1.82) is 0 Å². The van der Waals surface area contributed by atoms with E-state index in [9.17, 15) is 0 Å². The molecule has 0 radical (unpaired) electrons. The lowest BCUT2D eigenvalue weighted by molar-refractivity contribution is -0.633. The molecule has 250 valence electrons. The molecule has 0 saturated carbocycles. The van der Waals surface area contributed by atoms with Crippen LogP contribution in [-0.2, 0) is 7.05 Å². The van der Waals surface area contributed by atoms with E-state index in [-0.39, 0.29) is 17.4 Å². The SMILES string of the molecule is [2H]C([2H])([2H])c1cc(C)c(-c2n(-c3c(C(C)C)cc(-c4ccccc4)cc3C(C)C)c3ccccc3[n+]2C)c2oc3nc4c(ccc5ccccc54)cc3c12. The van der Waals surface area contributed by atoms with Gasteiger partial charge in [0, 0.05) is 36.8 Å². The van der Waals surface area contributed by atoms with Gasteiger partial charge in [-0.05, 0) is 83.6 Å². The molecular weight excluding hydrogens is 623 g/mol. The van der Waals surface area contributed by atoms with Crippen LogP contribution in [0.5, 0.6) is 0 Å². The lowest BCUT2D eigenvalue weighted by Crippen LogP contribution is -2.30. The van der Waals surface area contributed by atoms with E-state index in [2.05, 4.69) is 141 Å². The molecule has 0 saturated heterocycles. The van der Waals surface area contributed by atoms with Crippen LogP contribution in [0.1, 0.15) is 65.9 Å². The number of imidazole rings is 1. The van der Waals surface area contributed by atoms with E-state index in [1.165, 1.54) is 22.3 Å². The van der Waals surface area contributed by atoms with Gasteiger partial charge in [0.1, 0.15) is 11.3 Å². The fourth-order valence-corrected chi connectivity index (χ4v) is 8.12. The molecule has 0 fully saturated rings. The van der Waals surface area contributed by atoms with E-state index < -0.39 is 6.85 Å². The monoisotopic (exact) mass is 667 g/mol. The van der Waals surface area contributed by atoms with Gasteiger partial charge in [-0.3, -0.25) is 0 Å². The molecule has 0 N–H and O–H groups in total. The molecule has 0 unspecified atom stereocenters. The van der Waals surface area contributed by atoms with E-state index >= 15 is 0 Å². The number of para-hydroxylation sites is 2. The van der Waals surface area contributed by atoms with Crippen LogP contribution in [0.2, 0.25) is 0 Å². The van der Waals surface area contributed by atoms with E-state index in [0.717, 1.165) is 55.3 Å². The zero-order valence-corrected chi connectivity index (χ0v) is 29.9. The summed E-state index contributed by atoms with van der Waals surface area (Å²) in [5.74, 6) is 1.33. The highest BCUT2D eigenvalue weighted by Gasteiger charge is 2.34. The fraction of sp³-hybridized carbons (Fsp3) is 0.191. The molecule has 9 rings (SSSR count). The Balaban J connectivity index is 1.45. The number of rotatable bonds is 5. The normalized spacial score (nSPS) is 13.3. The van der Waals surface area contributed by atoms with Gasteiger partial charge in [-0.25, -0.2) is 9.55 Å². The molecule has 51 heavy (non-hydrogen) atoms. The Morgan fingerprint density at radius 1 is 0.706 bits per heavy atom. The van der Waals surface area contributed by atoms with Crippen LogP contribution < -0.4 is 4.57 Å². The van der Waals surface area contributed by atoms with Gasteiger partial charge >= 0.3 is 0 Å². The van der Waals surface area contributed by atoms with Crippen molar-refractivity contribution in [3.63, 3.8) is 0 Å². The number of nitrogens with zero attached hydrogens (tertiary/aromatic N) is 3. The van der Waals surface area contributed by atoms with Gasteiger partial charge in [-0.2, -0.15) is 4.57 Å². The molecular formula is C47H42N3O+. The highest BCUT2D eigenvalue weighted by Crippen LogP contribution is 2.44. The van der Waals surface area contributed by atoms with E-state index in [0.29, 0.717) is 22.1 Å². The van der Waals surface area contributed by atoms with Crippen LogP contribution in [-0.4, -0.2) is 9.55 Å². The smallest absolute Gasteiger partial charge is 0.299 e. The molecule has 0 spiro atoms. The maximum absolute atomic E-state index is 8.72. The second-order valence-corrected chi connectivity index (χ2v) is 14.5. The highest BCUT2D eigenvalue weighted by molar-refractivity contribution is 6.15. The van der Waals surface area contributed by atoms with Crippen LogP contribution in [0.25, 0.3) is 83.0 Å². The molecule has 0 aliphatic rings. The fourth-order valence-electron chi connectivity index (χ4n) is 8.12. The number of hydrogen-bond donors (Lipinski definition) is 0. The van der Waals surface area contributed by atoms with Crippen molar-refractivity contribution in [3.8, 4) is 28.2 Å². The molecule has 0 bridgehead atoms. The van der Waals surface area contributed by atoms with E-state index in [4.69, 9.17) is 13.5 Å². The minimum atomic E-state index is -2.38. The number of pyridine rings is 1. The molecule has 0 amide bonds. The first-order chi connectivity index (χ1) is 25.9. The second-order valence-electron chi connectivity index (χ2n) is 14.5. The van der Waals surface area contributed by atoms with Gasteiger partial charge in [0.2, 0.25) is 5.71 Å². The Hall–Kier alpha value is -5.74. The maximum atomic E-state index is 8.72. The summed E-state index contributed by atoms with van der Waals surface area (Å²) in [4.78, 5) is 5.13. The zero-order chi connectivity index (χ0) is 37.6. The van der Waals surface area contributed by atoms with Crippen LogP contribution >= 0.6 is 0 Å². The summed E-state index contributed by atoms with van der Waals surface area (Å²) in [5.41, 5.74) is 11.8. The van der Waals surface area contributed by atoms with Crippen molar-refractivity contribution in [2.45, 2.75) is 53.3 Å². The second kappa shape index (κ2) is 11.7. The average molecular weight is 668 g/mol. The van der Waals surface area contributed by atoms with Gasteiger partial charge in [0.25, 0.3) is 5.82 Å². The Morgan fingerprint density at radius 3 is 2.14 bits per heavy atom. The van der Waals surface area contributed by atoms with Crippen LogP contribution in [0.15, 0.2) is 120 Å². The first-order valence-corrected chi connectivity index (χ1v) is 17.8. The van der Waals surface area contributed by atoms with Gasteiger partial charge < -0.3 is 4.42 Å². The van der Waals surface area contributed by atoms with Crippen molar-refractivity contribution in [1.82, 2.24) is 9.55 Å². The lowest BCUT2D eigenvalue weighted by Gasteiger charge is -2.21. The molecule has 0 aliphatic carbocycles. The van der Waals surface area contributed by atoms with Gasteiger partial charge in [-0.15, -0.1) is 0 Å². The maximum Gasteiger partial charge on any atom is 0.299 e. The van der Waals surface area contributed by atoms with Gasteiger partial charge in [0.15, 0.2) is 16.6 Å². The van der Waals surface area contributed by atoms with E-state index in [1.54, 1.807) is 0 Å². The number of aryl methyl sites for hydroxylation is 3. The third-order valence-corrected chi connectivity index (χ3v) is 10.6. The summed E-state index contributed by atoms with van der Waals surface area (Å²) in [6, 6.07) is 40.0. The van der Waals surface area contributed by atoms with E-state index in [1.807, 2.05) is 25.1 Å². The first kappa shape index (κ1) is 28.0. The average Bonchev–Trinajstić information content (AvgIpc) is 3.67. The van der Waals surface area contributed by atoms with Crippen molar-refractivity contribution >= 4 is 54.8 Å². The Labute approximate surface area is 302 Å². The molecule has 3 heterocycles. The van der Waals surface area contributed by atoms with Crippen LogP contribution in [0.4, 0.5) is 0 Å². The highest BCUT2D eigenvalue weighted by atomic mass is 16.3. The molecule has 9 aromatic rings. The molecule has 4 heteroatoms. The van der Waals surface area contributed by atoms with Crippen LogP contribution in [0.3, 0.4) is 0 Å². The van der Waals surface area contributed by atoms with Crippen molar-refractivity contribution in [2.75, 3.05) is 0 Å². The quantitative estimate of drug-likeness (QED) is 0.135. The van der Waals surface area contributed by atoms with Crippen molar-refractivity contribution in [3.05, 3.63) is 138 Å². The number of benzene rings is 6. The third-order valence-electron chi connectivity index (χ3n) is 10.6. The first-order valence-electron chi connectivity index (χ1n) is 19.3. The Morgan fingerprint density at radius 2 is 1.39 bits per heavy atom. The summed E-state index contributed by atoms with van der Waals surface area (Å²) in [5, 5.41) is 4.33. The largest absolute Gasteiger partial charge is 0.437 e. The number of hydrogen-bond acceptors (Lipinski definition) is 2. The van der Waals surface area contributed by atoms with Gasteiger partial charge in [-0.1, -0.05) is 113 Å². The Bertz CT molecular complexity index is 2920. The summed E-state index contributed by atoms with van der Waals surface area (Å²) < 4.78 is 37.7. The lowest BCUT2D eigenvalue weighted by atomic mass is 9.88. The number of furan rings is 1. The number of fused-ring (bicyclic) bond motifs is 7. The molecule has 3 aromatic heterocycles. The summed E-state index contributed by atoms with van der Waals surface area (Å²) in [6.45, 7) is 8.66. The molecule has 0 aliphatic heterocycles. The minimum absolute atomic E-state index is 0.206. The summed E-state index contributed by atoms with van der Waals surface area (Å²) >= 11 is 0. The van der Waals surface area contributed by atoms with Crippen LogP contribution in [0, 0.1) is 13.8 Å². The summed E-state index contributed by atoms with van der Waals surface area (Å²) in [6.07, 6.45) is 0. The topological polar surface area (TPSA) is 34.8 Å². The third kappa shape index (κ3) is 4.73. The predicted molar refractivity (Wildman–Crippen MR) is 213 cm³/mol. The van der Waals surface area contributed by atoms with Gasteiger partial charge in [0.05, 0.1) is 12.6 Å². The predicted octanol–water partition coefficient (Wildman–Crippen LogP) is 12.3. The molecule has 0 atom stereocenters. The molecule has 4 nitrogen and oxygen atoms in total. The Kier molecular flexibility index (Phi) is 6.41. The number of aromatic nitrogens is 3. The van der Waals surface area contributed by atoms with Crippen molar-refractivity contribution < 1.29 is 13.1 Å². The standard InChI is InChI=1S/C47H42N3O/c1-27(2)36-25-34(31-15-9-8-10-16-31)26-37(28(3)4)44(36)50-40-20-14-13-19-39(40)49(7)47(50)42-30(6)23-29(5)41-38-24-33-22-21-32-17-11-12-18-35(32)43(33)48-46(38)51-45(41)42/h8-28H,1-7H3/q+1/i5D3. The zero-order valence-electron chi connectivity index (χ0n) is 32.9. The van der Waals surface area contributed by atoms with Crippen molar-refractivity contribution in [2.24, 2.45) is 7.05 Å². The minimum Gasteiger partial charge on any atom is -0.437 e.